The van der Waals surface area contributed by atoms with Crippen LogP contribution < -0.4 is 5.32 Å². The predicted molar refractivity (Wildman–Crippen MR) is 97.9 cm³/mol. The molecule has 0 saturated heterocycles. The molecule has 0 aromatic heterocycles. The normalized spacial score (nSPS) is 13.4. The SMILES string of the molecule is CCOC(=O)C(=CNc1ccc(C2=CCCCC2)cc1)C(=O)OCC. The largest absolute Gasteiger partial charge is 0.462 e. The number of anilines is 1. The Hall–Kier alpha value is -2.56. The Morgan fingerprint density at radius 1 is 1.04 bits per heavy atom. The second-order valence-electron chi connectivity index (χ2n) is 5.70. The van der Waals surface area contributed by atoms with Crippen molar-refractivity contribution in [3.8, 4) is 0 Å². The average molecular weight is 343 g/mol. The maximum Gasteiger partial charge on any atom is 0.347 e. The predicted octanol–water partition coefficient (Wildman–Crippen LogP) is 4.07. The zero-order valence-corrected chi connectivity index (χ0v) is 14.8. The lowest BCUT2D eigenvalue weighted by Crippen LogP contribution is -2.19. The molecule has 0 atom stereocenters. The van der Waals surface area contributed by atoms with E-state index in [9.17, 15) is 9.59 Å². The maximum absolute atomic E-state index is 11.9. The third kappa shape index (κ3) is 5.48. The molecule has 134 valence electrons. The van der Waals surface area contributed by atoms with E-state index in [-0.39, 0.29) is 18.8 Å². The fourth-order valence-electron chi connectivity index (χ4n) is 2.66. The molecule has 1 aromatic rings. The van der Waals surface area contributed by atoms with Gasteiger partial charge in [-0.3, -0.25) is 0 Å². The summed E-state index contributed by atoms with van der Waals surface area (Å²) >= 11 is 0. The second-order valence-corrected chi connectivity index (χ2v) is 5.70. The summed E-state index contributed by atoms with van der Waals surface area (Å²) in [7, 11) is 0. The Labute approximate surface area is 148 Å². The number of nitrogens with one attached hydrogen (secondary N) is 1. The standard InChI is InChI=1S/C20H25NO4/c1-3-24-19(22)18(20(23)25-4-2)14-21-17-12-10-16(11-13-17)15-8-6-5-7-9-15/h8,10-14,21H,3-7,9H2,1-2H3. The molecule has 0 amide bonds. The van der Waals surface area contributed by atoms with E-state index >= 15 is 0 Å². The zero-order chi connectivity index (χ0) is 18.1. The number of benzene rings is 1. The van der Waals surface area contributed by atoms with Crippen molar-refractivity contribution in [2.75, 3.05) is 18.5 Å². The Balaban J connectivity index is 2.09. The average Bonchev–Trinajstić information content (AvgIpc) is 2.63. The van der Waals surface area contributed by atoms with E-state index in [0.29, 0.717) is 0 Å². The van der Waals surface area contributed by atoms with E-state index in [1.807, 2.05) is 24.3 Å². The fraction of sp³-hybridized carbons (Fsp3) is 0.400. The van der Waals surface area contributed by atoms with Crippen molar-refractivity contribution in [1.82, 2.24) is 0 Å². The smallest absolute Gasteiger partial charge is 0.347 e. The first-order valence-electron chi connectivity index (χ1n) is 8.76. The molecule has 0 heterocycles. The Bertz CT molecular complexity index is 639. The van der Waals surface area contributed by atoms with Crippen molar-refractivity contribution in [3.05, 3.63) is 47.7 Å². The van der Waals surface area contributed by atoms with Gasteiger partial charge in [0.05, 0.1) is 13.2 Å². The molecule has 1 aliphatic carbocycles. The van der Waals surface area contributed by atoms with E-state index in [1.165, 1.54) is 30.2 Å². The van der Waals surface area contributed by atoms with Gasteiger partial charge >= 0.3 is 11.9 Å². The molecule has 0 spiro atoms. The Kier molecular flexibility index (Phi) is 7.26. The van der Waals surface area contributed by atoms with Crippen LogP contribution >= 0.6 is 0 Å². The van der Waals surface area contributed by atoms with Crippen molar-refractivity contribution in [2.24, 2.45) is 0 Å². The number of carbonyl (C=O) groups excluding carboxylic acids is 2. The summed E-state index contributed by atoms with van der Waals surface area (Å²) in [6.45, 7) is 3.76. The fourth-order valence-corrected chi connectivity index (χ4v) is 2.66. The van der Waals surface area contributed by atoms with Gasteiger partial charge in [-0.25, -0.2) is 9.59 Å². The monoisotopic (exact) mass is 343 g/mol. The first-order chi connectivity index (χ1) is 12.2. The lowest BCUT2D eigenvalue weighted by Gasteiger charge is -2.13. The van der Waals surface area contributed by atoms with E-state index in [2.05, 4.69) is 11.4 Å². The van der Waals surface area contributed by atoms with Crippen LogP contribution in [-0.4, -0.2) is 25.2 Å². The third-order valence-corrected chi connectivity index (χ3v) is 3.92. The van der Waals surface area contributed by atoms with Gasteiger partial charge in [0.1, 0.15) is 0 Å². The van der Waals surface area contributed by atoms with E-state index in [0.717, 1.165) is 18.5 Å². The highest BCUT2D eigenvalue weighted by Gasteiger charge is 2.20. The molecule has 0 saturated carbocycles. The van der Waals surface area contributed by atoms with Crippen LogP contribution in [0.15, 0.2) is 42.1 Å². The minimum atomic E-state index is -0.697. The lowest BCUT2D eigenvalue weighted by molar-refractivity contribution is -0.146. The summed E-state index contributed by atoms with van der Waals surface area (Å²) in [5.74, 6) is -1.39. The van der Waals surface area contributed by atoms with Gasteiger partial charge in [0.25, 0.3) is 0 Å². The van der Waals surface area contributed by atoms with Gasteiger partial charge in [-0.2, -0.15) is 0 Å². The van der Waals surface area contributed by atoms with Crippen LogP contribution in [0.1, 0.15) is 45.1 Å². The van der Waals surface area contributed by atoms with Gasteiger partial charge in [0.15, 0.2) is 5.57 Å². The summed E-state index contributed by atoms with van der Waals surface area (Å²) in [5, 5.41) is 2.97. The number of hydrogen-bond donors (Lipinski definition) is 1. The molecule has 0 bridgehead atoms. The van der Waals surface area contributed by atoms with Crippen LogP contribution in [0.5, 0.6) is 0 Å². The molecular weight excluding hydrogens is 318 g/mol. The molecular formula is C20H25NO4. The van der Waals surface area contributed by atoms with Gasteiger partial charge in [-0.15, -0.1) is 0 Å². The minimum absolute atomic E-state index is 0.150. The molecule has 0 radical (unpaired) electrons. The number of ether oxygens (including phenoxy) is 2. The quantitative estimate of drug-likeness (QED) is 0.350. The maximum atomic E-state index is 11.9. The molecule has 1 aromatic carbocycles. The molecule has 2 rings (SSSR count). The molecule has 0 unspecified atom stereocenters. The van der Waals surface area contributed by atoms with Gasteiger partial charge in [-0.05, 0) is 62.8 Å². The van der Waals surface area contributed by atoms with E-state index in [4.69, 9.17) is 9.47 Å². The highest BCUT2D eigenvalue weighted by Crippen LogP contribution is 2.27. The van der Waals surface area contributed by atoms with Crippen molar-refractivity contribution < 1.29 is 19.1 Å². The first kappa shape index (κ1) is 18.8. The van der Waals surface area contributed by atoms with Gasteiger partial charge in [-0.1, -0.05) is 18.2 Å². The zero-order valence-electron chi connectivity index (χ0n) is 14.8. The summed E-state index contributed by atoms with van der Waals surface area (Å²) in [6, 6.07) is 7.94. The van der Waals surface area contributed by atoms with Crippen LogP contribution in [0.3, 0.4) is 0 Å². The lowest BCUT2D eigenvalue weighted by atomic mass is 9.94. The second kappa shape index (κ2) is 9.67. The van der Waals surface area contributed by atoms with Gasteiger partial charge in [0.2, 0.25) is 0 Å². The van der Waals surface area contributed by atoms with Crippen molar-refractivity contribution >= 4 is 23.2 Å². The first-order valence-corrected chi connectivity index (χ1v) is 8.76. The highest BCUT2D eigenvalue weighted by atomic mass is 16.6. The van der Waals surface area contributed by atoms with Crippen LogP contribution in [0, 0.1) is 0 Å². The number of allylic oxidation sites excluding steroid dienone is 2. The Morgan fingerprint density at radius 3 is 2.20 bits per heavy atom. The topological polar surface area (TPSA) is 64.6 Å². The third-order valence-electron chi connectivity index (χ3n) is 3.92. The molecule has 1 aliphatic rings. The molecule has 1 N–H and O–H groups in total. The molecule has 5 heteroatoms. The molecule has 0 aliphatic heterocycles. The minimum Gasteiger partial charge on any atom is -0.462 e. The summed E-state index contributed by atoms with van der Waals surface area (Å²) in [5.41, 5.74) is 3.23. The van der Waals surface area contributed by atoms with E-state index < -0.39 is 11.9 Å². The van der Waals surface area contributed by atoms with Gasteiger partial charge < -0.3 is 14.8 Å². The van der Waals surface area contributed by atoms with Crippen molar-refractivity contribution in [2.45, 2.75) is 39.5 Å². The summed E-state index contributed by atoms with van der Waals surface area (Å²) in [6.07, 6.45) is 8.38. The van der Waals surface area contributed by atoms with Crippen LogP contribution in [0.25, 0.3) is 5.57 Å². The summed E-state index contributed by atoms with van der Waals surface area (Å²) in [4.78, 5) is 23.8. The summed E-state index contributed by atoms with van der Waals surface area (Å²) < 4.78 is 9.81. The van der Waals surface area contributed by atoms with Crippen LogP contribution in [0.4, 0.5) is 5.69 Å². The number of hydrogen-bond acceptors (Lipinski definition) is 5. The van der Waals surface area contributed by atoms with Gasteiger partial charge in [0, 0.05) is 11.9 Å². The van der Waals surface area contributed by atoms with E-state index in [1.54, 1.807) is 13.8 Å². The molecule has 25 heavy (non-hydrogen) atoms. The number of rotatable bonds is 7. The number of carbonyl (C=O) groups is 2. The highest BCUT2D eigenvalue weighted by molar-refractivity contribution is 6.14. The van der Waals surface area contributed by atoms with Crippen LogP contribution in [0.2, 0.25) is 0 Å². The van der Waals surface area contributed by atoms with Crippen molar-refractivity contribution in [3.63, 3.8) is 0 Å². The van der Waals surface area contributed by atoms with Crippen LogP contribution in [-0.2, 0) is 19.1 Å². The molecule has 0 fully saturated rings. The van der Waals surface area contributed by atoms with Crippen molar-refractivity contribution in [1.29, 1.82) is 0 Å². The Morgan fingerprint density at radius 2 is 1.68 bits per heavy atom. The molecule has 5 nitrogen and oxygen atoms in total. The number of esters is 2.